The predicted molar refractivity (Wildman–Crippen MR) is 84.0 cm³/mol. The third-order valence-electron chi connectivity index (χ3n) is 3.52. The maximum Gasteiger partial charge on any atom is 0.225 e. The first-order valence-corrected chi connectivity index (χ1v) is 7.20. The molecular formula is C17H18N4. The van der Waals surface area contributed by atoms with E-state index in [1.807, 2.05) is 36.4 Å². The van der Waals surface area contributed by atoms with E-state index in [9.17, 15) is 0 Å². The number of benzene rings is 1. The van der Waals surface area contributed by atoms with Crippen LogP contribution in [0.4, 0.5) is 5.95 Å². The first kappa shape index (κ1) is 13.6. The second-order valence-electron chi connectivity index (χ2n) is 4.98. The average molecular weight is 278 g/mol. The Morgan fingerprint density at radius 3 is 2.33 bits per heavy atom. The minimum Gasteiger partial charge on any atom is -0.338 e. The molecule has 2 heterocycles. The van der Waals surface area contributed by atoms with E-state index in [1.165, 1.54) is 0 Å². The van der Waals surface area contributed by atoms with Crippen molar-refractivity contribution < 1.29 is 0 Å². The molecule has 3 rings (SSSR count). The summed E-state index contributed by atoms with van der Waals surface area (Å²) in [6.45, 7) is 4.73. The van der Waals surface area contributed by atoms with Crippen LogP contribution in [-0.4, -0.2) is 47.6 Å². The third-order valence-corrected chi connectivity index (χ3v) is 3.52. The van der Waals surface area contributed by atoms with Crippen LogP contribution in [0.3, 0.4) is 0 Å². The number of rotatable bonds is 2. The van der Waals surface area contributed by atoms with Gasteiger partial charge >= 0.3 is 0 Å². The second-order valence-corrected chi connectivity index (χ2v) is 4.98. The Kier molecular flexibility index (Phi) is 4.45. The fraction of sp³-hybridized carbons (Fsp3) is 0.294. The van der Waals surface area contributed by atoms with Crippen LogP contribution in [-0.2, 0) is 0 Å². The molecule has 0 amide bonds. The lowest BCUT2D eigenvalue weighted by atomic mass is 10.2. The predicted octanol–water partition coefficient (Wildman–Crippen LogP) is 1.65. The molecule has 0 saturated carbocycles. The topological polar surface area (TPSA) is 32.3 Å². The lowest BCUT2D eigenvalue weighted by Gasteiger charge is -2.33. The van der Waals surface area contributed by atoms with Crippen molar-refractivity contribution in [2.45, 2.75) is 0 Å². The normalized spacial score (nSPS) is 15.3. The third kappa shape index (κ3) is 3.80. The molecule has 1 aliphatic rings. The van der Waals surface area contributed by atoms with Crippen LogP contribution >= 0.6 is 0 Å². The van der Waals surface area contributed by atoms with E-state index < -0.39 is 0 Å². The average Bonchev–Trinajstić information content (AvgIpc) is 2.57. The van der Waals surface area contributed by atoms with E-state index in [0.29, 0.717) is 0 Å². The SMILES string of the molecule is C(#Cc1ccccc1)CN1CCN(c2ncccn2)CC1. The van der Waals surface area contributed by atoms with Crippen molar-refractivity contribution in [1.82, 2.24) is 14.9 Å². The van der Waals surface area contributed by atoms with Gasteiger partial charge in [-0.1, -0.05) is 30.0 Å². The maximum atomic E-state index is 4.30. The van der Waals surface area contributed by atoms with Crippen molar-refractivity contribution in [3.8, 4) is 11.8 Å². The molecule has 0 N–H and O–H groups in total. The Hall–Kier alpha value is -2.38. The molecule has 0 aliphatic carbocycles. The number of piperazine rings is 1. The highest BCUT2D eigenvalue weighted by Crippen LogP contribution is 2.09. The molecule has 1 aromatic carbocycles. The molecule has 106 valence electrons. The zero-order valence-electron chi connectivity index (χ0n) is 11.9. The quantitative estimate of drug-likeness (QED) is 0.782. The lowest BCUT2D eigenvalue weighted by molar-refractivity contribution is 0.286. The van der Waals surface area contributed by atoms with Crippen LogP contribution < -0.4 is 4.90 Å². The molecule has 4 nitrogen and oxygen atoms in total. The molecule has 4 heteroatoms. The largest absolute Gasteiger partial charge is 0.338 e. The summed E-state index contributed by atoms with van der Waals surface area (Å²) in [5.41, 5.74) is 1.08. The van der Waals surface area contributed by atoms with Crippen LogP contribution in [0, 0.1) is 11.8 Å². The van der Waals surface area contributed by atoms with Gasteiger partial charge in [-0.2, -0.15) is 0 Å². The monoisotopic (exact) mass is 278 g/mol. The number of hydrogen-bond donors (Lipinski definition) is 0. The Balaban J connectivity index is 1.49. The summed E-state index contributed by atoms with van der Waals surface area (Å²) in [5.74, 6) is 7.28. The van der Waals surface area contributed by atoms with Crippen LogP contribution in [0.5, 0.6) is 0 Å². The number of anilines is 1. The fourth-order valence-electron chi connectivity index (χ4n) is 2.34. The van der Waals surface area contributed by atoms with Crippen LogP contribution in [0.15, 0.2) is 48.8 Å². The molecule has 0 atom stereocenters. The zero-order valence-corrected chi connectivity index (χ0v) is 11.9. The van der Waals surface area contributed by atoms with Crippen molar-refractivity contribution in [3.05, 3.63) is 54.4 Å². The molecule has 21 heavy (non-hydrogen) atoms. The molecule has 1 fully saturated rings. The molecule has 0 spiro atoms. The van der Waals surface area contributed by atoms with E-state index in [0.717, 1.165) is 44.2 Å². The Labute approximate surface area is 125 Å². The highest BCUT2D eigenvalue weighted by molar-refractivity contribution is 5.34. The van der Waals surface area contributed by atoms with E-state index in [2.05, 4.69) is 31.6 Å². The molecule has 0 radical (unpaired) electrons. The van der Waals surface area contributed by atoms with Gasteiger partial charge in [-0.25, -0.2) is 9.97 Å². The van der Waals surface area contributed by atoms with Gasteiger partial charge in [-0.3, -0.25) is 4.90 Å². The number of aromatic nitrogens is 2. The minimum atomic E-state index is 0.818. The van der Waals surface area contributed by atoms with Crippen molar-refractivity contribution in [2.24, 2.45) is 0 Å². The van der Waals surface area contributed by atoms with E-state index in [1.54, 1.807) is 12.4 Å². The van der Waals surface area contributed by atoms with Crippen molar-refractivity contribution in [1.29, 1.82) is 0 Å². The van der Waals surface area contributed by atoms with Gasteiger partial charge in [0, 0.05) is 44.1 Å². The van der Waals surface area contributed by atoms with Gasteiger partial charge < -0.3 is 4.90 Å². The lowest BCUT2D eigenvalue weighted by Crippen LogP contribution is -2.47. The summed E-state index contributed by atoms with van der Waals surface area (Å²) in [6, 6.07) is 12.0. The zero-order chi connectivity index (χ0) is 14.3. The van der Waals surface area contributed by atoms with Crippen molar-refractivity contribution in [2.75, 3.05) is 37.6 Å². The van der Waals surface area contributed by atoms with Gasteiger partial charge in [0.15, 0.2) is 0 Å². The summed E-state index contributed by atoms with van der Waals surface area (Å²) in [5, 5.41) is 0. The second kappa shape index (κ2) is 6.87. The Bertz CT molecular complexity index is 607. The summed E-state index contributed by atoms with van der Waals surface area (Å²) in [6.07, 6.45) is 3.58. The van der Waals surface area contributed by atoms with Crippen LogP contribution in [0.25, 0.3) is 0 Å². The molecule has 0 bridgehead atoms. The fourth-order valence-corrected chi connectivity index (χ4v) is 2.34. The summed E-state index contributed by atoms with van der Waals surface area (Å²) < 4.78 is 0. The molecule has 1 aromatic heterocycles. The smallest absolute Gasteiger partial charge is 0.225 e. The standard InChI is InChI=1S/C17H18N4/c1-2-6-16(7-3-1)8-4-11-20-12-14-21(15-13-20)17-18-9-5-10-19-17/h1-3,5-7,9-10H,11-15H2. The van der Waals surface area contributed by atoms with Gasteiger partial charge in [0.25, 0.3) is 0 Å². The summed E-state index contributed by atoms with van der Waals surface area (Å²) >= 11 is 0. The first-order valence-electron chi connectivity index (χ1n) is 7.20. The minimum absolute atomic E-state index is 0.818. The van der Waals surface area contributed by atoms with E-state index in [-0.39, 0.29) is 0 Å². The van der Waals surface area contributed by atoms with Gasteiger partial charge in [0.1, 0.15) is 0 Å². The molecule has 2 aromatic rings. The van der Waals surface area contributed by atoms with Gasteiger partial charge in [0.2, 0.25) is 5.95 Å². The number of nitrogens with zero attached hydrogens (tertiary/aromatic N) is 4. The molecule has 0 unspecified atom stereocenters. The van der Waals surface area contributed by atoms with Crippen LogP contribution in [0.1, 0.15) is 5.56 Å². The number of hydrogen-bond acceptors (Lipinski definition) is 4. The van der Waals surface area contributed by atoms with Crippen LogP contribution in [0.2, 0.25) is 0 Å². The first-order chi connectivity index (χ1) is 10.4. The summed E-state index contributed by atoms with van der Waals surface area (Å²) in [7, 11) is 0. The highest BCUT2D eigenvalue weighted by Gasteiger charge is 2.17. The van der Waals surface area contributed by atoms with Crippen molar-refractivity contribution in [3.63, 3.8) is 0 Å². The highest BCUT2D eigenvalue weighted by atomic mass is 15.3. The van der Waals surface area contributed by atoms with Gasteiger partial charge in [-0.15, -0.1) is 0 Å². The van der Waals surface area contributed by atoms with E-state index >= 15 is 0 Å². The van der Waals surface area contributed by atoms with E-state index in [4.69, 9.17) is 0 Å². The Morgan fingerprint density at radius 1 is 0.905 bits per heavy atom. The molecular weight excluding hydrogens is 260 g/mol. The Morgan fingerprint density at radius 2 is 1.62 bits per heavy atom. The van der Waals surface area contributed by atoms with Crippen molar-refractivity contribution >= 4 is 5.95 Å². The maximum absolute atomic E-state index is 4.30. The molecule has 1 aliphatic heterocycles. The van der Waals surface area contributed by atoms with Gasteiger partial charge in [-0.05, 0) is 18.2 Å². The summed E-state index contributed by atoms with van der Waals surface area (Å²) in [4.78, 5) is 13.2. The van der Waals surface area contributed by atoms with Gasteiger partial charge in [0.05, 0.1) is 6.54 Å². The molecule has 1 saturated heterocycles.